The number of hydrogen-bond donors (Lipinski definition) is 0. The van der Waals surface area contributed by atoms with Gasteiger partial charge >= 0.3 is 0 Å². The lowest BCUT2D eigenvalue weighted by atomic mass is 10.1. The van der Waals surface area contributed by atoms with E-state index in [9.17, 15) is 25.0 Å². The van der Waals surface area contributed by atoms with Crippen LogP contribution in [0.3, 0.4) is 0 Å². The molecule has 1 heterocycles. The highest BCUT2D eigenvalue weighted by molar-refractivity contribution is 6.36. The van der Waals surface area contributed by atoms with Crippen molar-refractivity contribution in [3.8, 4) is 0 Å². The number of ether oxygens (including phenoxy) is 1. The van der Waals surface area contributed by atoms with Gasteiger partial charge in [0.05, 0.1) is 34.7 Å². The van der Waals surface area contributed by atoms with Crippen molar-refractivity contribution < 1.29 is 19.4 Å². The van der Waals surface area contributed by atoms with Gasteiger partial charge in [-0.2, -0.15) is 0 Å². The number of carbonyl (C=O) groups excluding carboxylic acids is 1. The maximum absolute atomic E-state index is 12.3. The quantitative estimate of drug-likeness (QED) is 0.618. The van der Waals surface area contributed by atoms with Gasteiger partial charge in [0.25, 0.3) is 17.3 Å². The van der Waals surface area contributed by atoms with Gasteiger partial charge in [-0.05, 0) is 0 Å². The average Bonchev–Trinajstić information content (AvgIpc) is 2.47. The van der Waals surface area contributed by atoms with E-state index in [0.29, 0.717) is 26.3 Å². The Labute approximate surface area is 123 Å². The van der Waals surface area contributed by atoms with Gasteiger partial charge in [-0.15, -0.1) is 0 Å². The molecular weight excluding hydrogens is 306 g/mol. The van der Waals surface area contributed by atoms with Crippen molar-refractivity contribution in [3.63, 3.8) is 0 Å². The Balaban J connectivity index is 2.48. The first-order valence-corrected chi connectivity index (χ1v) is 6.29. The van der Waals surface area contributed by atoms with E-state index in [1.807, 2.05) is 0 Å². The molecule has 9 nitrogen and oxygen atoms in total. The first-order chi connectivity index (χ1) is 9.91. The smallest absolute Gasteiger partial charge is 0.295 e. The number of morpholine rings is 1. The Morgan fingerprint density at radius 1 is 1.19 bits per heavy atom. The molecule has 1 fully saturated rings. The first kappa shape index (κ1) is 15.1. The highest BCUT2D eigenvalue weighted by Gasteiger charge is 2.29. The van der Waals surface area contributed by atoms with Gasteiger partial charge in [0.15, 0.2) is 0 Å². The Morgan fingerprint density at radius 2 is 1.81 bits per heavy atom. The summed E-state index contributed by atoms with van der Waals surface area (Å²) < 4.78 is 5.10. The fourth-order valence-corrected chi connectivity index (χ4v) is 2.18. The van der Waals surface area contributed by atoms with Crippen LogP contribution in [0, 0.1) is 20.2 Å². The lowest BCUT2D eigenvalue weighted by molar-refractivity contribution is -0.394. The molecule has 0 N–H and O–H groups in total. The first-order valence-electron chi connectivity index (χ1n) is 5.91. The molecule has 1 saturated heterocycles. The Kier molecular flexibility index (Phi) is 4.34. The number of hydrogen-bond acceptors (Lipinski definition) is 6. The summed E-state index contributed by atoms with van der Waals surface area (Å²) in [4.78, 5) is 33.8. The molecule has 0 saturated carbocycles. The van der Waals surface area contributed by atoms with Crippen LogP contribution in [-0.4, -0.2) is 47.0 Å². The summed E-state index contributed by atoms with van der Waals surface area (Å²) in [5, 5.41) is 21.3. The van der Waals surface area contributed by atoms with Crippen LogP contribution in [0.25, 0.3) is 0 Å². The zero-order chi connectivity index (χ0) is 15.6. The number of halogens is 1. The zero-order valence-corrected chi connectivity index (χ0v) is 11.4. The lowest BCUT2D eigenvalue weighted by Gasteiger charge is -2.27. The average molecular weight is 316 g/mol. The molecule has 10 heteroatoms. The Morgan fingerprint density at radius 3 is 2.33 bits per heavy atom. The van der Waals surface area contributed by atoms with Crippen LogP contribution in [0.2, 0.25) is 5.02 Å². The number of non-ortho nitro benzene ring substituents is 1. The summed E-state index contributed by atoms with van der Waals surface area (Å²) >= 11 is 5.85. The molecule has 21 heavy (non-hydrogen) atoms. The Hall–Kier alpha value is -2.26. The van der Waals surface area contributed by atoms with Gasteiger partial charge in [-0.25, -0.2) is 0 Å². The molecule has 0 spiro atoms. The van der Waals surface area contributed by atoms with Gasteiger partial charge in [-0.3, -0.25) is 25.0 Å². The maximum Gasteiger partial charge on any atom is 0.295 e. The monoisotopic (exact) mass is 315 g/mol. The van der Waals surface area contributed by atoms with Crippen LogP contribution in [0.5, 0.6) is 0 Å². The number of benzene rings is 1. The fraction of sp³-hybridized carbons (Fsp3) is 0.364. The number of carbonyl (C=O) groups is 1. The third kappa shape index (κ3) is 3.09. The van der Waals surface area contributed by atoms with Crippen molar-refractivity contribution in [2.24, 2.45) is 0 Å². The highest BCUT2D eigenvalue weighted by Crippen LogP contribution is 2.33. The van der Waals surface area contributed by atoms with E-state index in [2.05, 4.69) is 0 Å². The Bertz CT molecular complexity index is 614. The number of nitro benzene ring substituents is 2. The predicted molar refractivity (Wildman–Crippen MR) is 71.5 cm³/mol. The van der Waals surface area contributed by atoms with Gasteiger partial charge in [0.1, 0.15) is 5.02 Å². The van der Waals surface area contributed by atoms with E-state index in [1.54, 1.807) is 0 Å². The van der Waals surface area contributed by atoms with E-state index in [4.69, 9.17) is 16.3 Å². The molecule has 1 aliphatic heterocycles. The maximum atomic E-state index is 12.3. The number of nitro groups is 2. The molecule has 112 valence electrons. The van der Waals surface area contributed by atoms with Gasteiger partial charge in [0, 0.05) is 19.2 Å². The molecule has 0 aliphatic carbocycles. The lowest BCUT2D eigenvalue weighted by Crippen LogP contribution is -2.40. The molecule has 0 bridgehead atoms. The highest BCUT2D eigenvalue weighted by atomic mass is 35.5. The minimum atomic E-state index is -0.856. The SMILES string of the molecule is O=C(c1cc([N+](=O)[O-])cc([N+](=O)[O-])c1Cl)N1CCOCC1. The number of amides is 1. The zero-order valence-electron chi connectivity index (χ0n) is 10.7. The summed E-state index contributed by atoms with van der Waals surface area (Å²) in [5.74, 6) is -0.588. The second kappa shape index (κ2) is 6.02. The van der Waals surface area contributed by atoms with E-state index < -0.39 is 32.2 Å². The van der Waals surface area contributed by atoms with Crippen molar-refractivity contribution >= 4 is 28.9 Å². The van der Waals surface area contributed by atoms with Crippen LogP contribution in [0.4, 0.5) is 11.4 Å². The molecule has 0 radical (unpaired) electrons. The standard InChI is InChI=1S/C11H10ClN3O6/c12-10-8(11(16)13-1-3-21-4-2-13)5-7(14(17)18)6-9(10)15(19)20/h5-6H,1-4H2. The van der Waals surface area contributed by atoms with Crippen LogP contribution < -0.4 is 0 Å². The van der Waals surface area contributed by atoms with Gasteiger partial charge in [-0.1, -0.05) is 11.6 Å². The second-order valence-electron chi connectivity index (χ2n) is 4.25. The molecule has 1 aromatic rings. The second-order valence-corrected chi connectivity index (χ2v) is 4.62. The van der Waals surface area contributed by atoms with Crippen molar-refractivity contribution in [2.75, 3.05) is 26.3 Å². The molecule has 1 amide bonds. The molecule has 0 aromatic heterocycles. The molecule has 2 rings (SSSR count). The van der Waals surface area contributed by atoms with Crippen molar-refractivity contribution in [2.45, 2.75) is 0 Å². The number of rotatable bonds is 3. The topological polar surface area (TPSA) is 116 Å². The number of nitrogens with zero attached hydrogens (tertiary/aromatic N) is 3. The normalized spacial score (nSPS) is 14.8. The summed E-state index contributed by atoms with van der Waals surface area (Å²) in [5.41, 5.74) is -1.47. The molecule has 1 aliphatic rings. The van der Waals surface area contributed by atoms with E-state index in [1.165, 1.54) is 4.90 Å². The molecule has 0 atom stereocenters. The van der Waals surface area contributed by atoms with Crippen molar-refractivity contribution in [3.05, 3.63) is 42.9 Å². The summed E-state index contributed by atoms with van der Waals surface area (Å²) in [6.07, 6.45) is 0. The molecule has 0 unspecified atom stereocenters. The predicted octanol–water partition coefficient (Wildman–Crippen LogP) is 1.63. The van der Waals surface area contributed by atoms with Crippen molar-refractivity contribution in [1.82, 2.24) is 4.90 Å². The van der Waals surface area contributed by atoms with Crippen LogP contribution in [0.15, 0.2) is 12.1 Å². The summed E-state index contributed by atoms with van der Waals surface area (Å²) in [6, 6.07) is 1.69. The largest absolute Gasteiger partial charge is 0.378 e. The fourth-order valence-electron chi connectivity index (χ4n) is 1.92. The van der Waals surface area contributed by atoms with E-state index >= 15 is 0 Å². The molecule has 1 aromatic carbocycles. The van der Waals surface area contributed by atoms with E-state index in [0.717, 1.165) is 12.1 Å². The van der Waals surface area contributed by atoms with Crippen molar-refractivity contribution in [1.29, 1.82) is 0 Å². The van der Waals surface area contributed by atoms with Crippen LogP contribution >= 0.6 is 11.6 Å². The van der Waals surface area contributed by atoms with Crippen LogP contribution in [-0.2, 0) is 4.74 Å². The van der Waals surface area contributed by atoms with E-state index in [-0.39, 0.29) is 5.56 Å². The minimum absolute atomic E-state index is 0.250. The minimum Gasteiger partial charge on any atom is -0.378 e. The third-order valence-electron chi connectivity index (χ3n) is 2.97. The molecular formula is C11H10ClN3O6. The summed E-state index contributed by atoms with van der Waals surface area (Å²) in [7, 11) is 0. The third-order valence-corrected chi connectivity index (χ3v) is 3.37. The summed E-state index contributed by atoms with van der Waals surface area (Å²) in [6.45, 7) is 1.26. The van der Waals surface area contributed by atoms with Gasteiger partial charge < -0.3 is 9.64 Å². The van der Waals surface area contributed by atoms with Gasteiger partial charge in [0.2, 0.25) is 0 Å². The van der Waals surface area contributed by atoms with Crippen LogP contribution in [0.1, 0.15) is 10.4 Å².